The largest absolute Gasteiger partial charge is 0.444 e. The third kappa shape index (κ3) is 5.73. The van der Waals surface area contributed by atoms with Gasteiger partial charge in [0.2, 0.25) is 0 Å². The number of benzene rings is 2. The van der Waals surface area contributed by atoms with Crippen LogP contribution in [0.1, 0.15) is 38.1 Å². The molecule has 29 heavy (non-hydrogen) atoms. The highest BCUT2D eigenvalue weighted by Crippen LogP contribution is 2.29. The molecule has 0 aliphatic heterocycles. The zero-order valence-corrected chi connectivity index (χ0v) is 17.9. The van der Waals surface area contributed by atoms with Crippen molar-refractivity contribution in [3.63, 3.8) is 0 Å². The van der Waals surface area contributed by atoms with Crippen LogP contribution in [0.5, 0.6) is 0 Å². The van der Waals surface area contributed by atoms with E-state index in [9.17, 15) is 13.6 Å². The van der Waals surface area contributed by atoms with Crippen molar-refractivity contribution in [1.29, 1.82) is 0 Å². The van der Waals surface area contributed by atoms with Crippen LogP contribution in [0.25, 0.3) is 10.9 Å². The summed E-state index contributed by atoms with van der Waals surface area (Å²) < 4.78 is 33.4. The van der Waals surface area contributed by atoms with Crippen molar-refractivity contribution in [3.8, 4) is 0 Å². The van der Waals surface area contributed by atoms with Crippen LogP contribution < -0.4 is 5.32 Å². The summed E-state index contributed by atoms with van der Waals surface area (Å²) in [5.41, 5.74) is 0.991. The van der Waals surface area contributed by atoms with Crippen molar-refractivity contribution in [2.75, 3.05) is 0 Å². The molecule has 0 unspecified atom stereocenters. The van der Waals surface area contributed by atoms with Crippen LogP contribution in [-0.2, 0) is 11.2 Å². The molecule has 3 rings (SSSR count). The van der Waals surface area contributed by atoms with Crippen LogP contribution in [0.15, 0.2) is 53.0 Å². The van der Waals surface area contributed by atoms with Crippen LogP contribution in [-0.4, -0.2) is 16.7 Å². The molecule has 3 aromatic rings. The fourth-order valence-corrected chi connectivity index (χ4v) is 3.59. The molecule has 1 heterocycles. The van der Waals surface area contributed by atoms with E-state index in [0.717, 1.165) is 17.0 Å². The second-order valence-electron chi connectivity index (χ2n) is 7.73. The topological polar surface area (TPSA) is 51.2 Å². The maximum absolute atomic E-state index is 13.7. The van der Waals surface area contributed by atoms with Gasteiger partial charge in [0.05, 0.1) is 17.3 Å². The van der Waals surface area contributed by atoms with E-state index in [1.54, 1.807) is 20.8 Å². The fraction of sp³-hybridized carbons (Fsp3) is 0.273. The monoisotopic (exact) mass is 462 g/mol. The van der Waals surface area contributed by atoms with Gasteiger partial charge >= 0.3 is 6.09 Å². The molecular weight excluding hydrogens is 442 g/mol. The summed E-state index contributed by atoms with van der Waals surface area (Å²) in [6.45, 7) is 5.27. The Morgan fingerprint density at radius 3 is 2.45 bits per heavy atom. The maximum Gasteiger partial charge on any atom is 0.408 e. The number of fused-ring (bicyclic) bond motifs is 1. The van der Waals surface area contributed by atoms with E-state index in [1.165, 1.54) is 12.1 Å². The van der Waals surface area contributed by atoms with Gasteiger partial charge in [0.25, 0.3) is 0 Å². The number of carbonyl (C=O) groups is 1. The lowest BCUT2D eigenvalue weighted by atomic mass is 10.0. The SMILES string of the molecule is CC(C)(C)OC(=O)N[C@@H](Cc1cc(F)cc(F)c1)c1nc2ccccc2cc1Br. The molecule has 1 N–H and O–H groups in total. The van der Waals surface area contributed by atoms with Crippen molar-refractivity contribution in [2.24, 2.45) is 0 Å². The second kappa shape index (κ2) is 8.45. The summed E-state index contributed by atoms with van der Waals surface area (Å²) in [6.07, 6.45) is -0.501. The Balaban J connectivity index is 2.00. The zero-order chi connectivity index (χ0) is 21.2. The van der Waals surface area contributed by atoms with Gasteiger partial charge in [-0.1, -0.05) is 18.2 Å². The first-order chi connectivity index (χ1) is 13.6. The molecular formula is C22H21BrF2N2O2. The van der Waals surface area contributed by atoms with Crippen molar-refractivity contribution in [3.05, 3.63) is 75.9 Å². The van der Waals surface area contributed by atoms with E-state index in [0.29, 0.717) is 15.7 Å². The molecule has 0 saturated carbocycles. The molecule has 4 nitrogen and oxygen atoms in total. The Morgan fingerprint density at radius 1 is 1.14 bits per heavy atom. The molecule has 152 valence electrons. The van der Waals surface area contributed by atoms with Crippen molar-refractivity contribution >= 4 is 32.9 Å². The van der Waals surface area contributed by atoms with E-state index in [2.05, 4.69) is 26.2 Å². The molecule has 1 atom stereocenters. The van der Waals surface area contributed by atoms with Gasteiger partial charge in [0, 0.05) is 15.9 Å². The maximum atomic E-state index is 13.7. The second-order valence-corrected chi connectivity index (χ2v) is 8.58. The third-order valence-corrected chi connectivity index (χ3v) is 4.72. The number of alkyl carbamates (subject to hydrolysis) is 1. The summed E-state index contributed by atoms with van der Waals surface area (Å²) in [7, 11) is 0. The number of carbonyl (C=O) groups excluding carboxylic acids is 1. The summed E-state index contributed by atoms with van der Waals surface area (Å²) in [4.78, 5) is 17.1. The first-order valence-corrected chi connectivity index (χ1v) is 9.90. The van der Waals surface area contributed by atoms with Crippen molar-refractivity contribution in [2.45, 2.75) is 38.8 Å². The average Bonchev–Trinajstić information content (AvgIpc) is 2.58. The predicted molar refractivity (Wildman–Crippen MR) is 112 cm³/mol. The van der Waals surface area contributed by atoms with Gasteiger partial charge in [0.15, 0.2) is 0 Å². The van der Waals surface area contributed by atoms with Crippen LogP contribution in [0.4, 0.5) is 13.6 Å². The van der Waals surface area contributed by atoms with Gasteiger partial charge in [0.1, 0.15) is 17.2 Å². The lowest BCUT2D eigenvalue weighted by molar-refractivity contribution is 0.0502. The Bertz CT molecular complexity index is 1030. The molecule has 0 bridgehead atoms. The summed E-state index contributed by atoms with van der Waals surface area (Å²) in [5, 5.41) is 3.71. The van der Waals surface area contributed by atoms with Crippen LogP contribution in [0, 0.1) is 11.6 Å². The van der Waals surface area contributed by atoms with Gasteiger partial charge in [-0.15, -0.1) is 0 Å². The van der Waals surface area contributed by atoms with E-state index in [1.807, 2.05) is 30.3 Å². The van der Waals surface area contributed by atoms with Crippen LogP contribution >= 0.6 is 15.9 Å². The van der Waals surface area contributed by atoms with Gasteiger partial charge in [-0.2, -0.15) is 0 Å². The van der Waals surface area contributed by atoms with Crippen LogP contribution in [0.2, 0.25) is 0 Å². The molecule has 7 heteroatoms. The molecule has 0 aliphatic rings. The Kier molecular flexibility index (Phi) is 6.17. The number of para-hydroxylation sites is 1. The van der Waals surface area contributed by atoms with E-state index < -0.39 is 29.4 Å². The van der Waals surface area contributed by atoms with Gasteiger partial charge in [-0.05, 0) is 73.0 Å². The number of nitrogens with zero attached hydrogens (tertiary/aromatic N) is 1. The lowest BCUT2D eigenvalue weighted by Gasteiger charge is -2.24. The number of halogens is 3. The Labute approximate surface area is 176 Å². The number of nitrogens with one attached hydrogen (secondary N) is 1. The lowest BCUT2D eigenvalue weighted by Crippen LogP contribution is -2.36. The Morgan fingerprint density at radius 2 is 1.79 bits per heavy atom. The summed E-state index contributed by atoms with van der Waals surface area (Å²) in [5.74, 6) is -1.36. The van der Waals surface area contributed by atoms with Gasteiger partial charge in [-0.3, -0.25) is 0 Å². The van der Waals surface area contributed by atoms with Gasteiger partial charge in [-0.25, -0.2) is 18.6 Å². The average molecular weight is 463 g/mol. The van der Waals surface area contributed by atoms with Crippen molar-refractivity contribution < 1.29 is 18.3 Å². The third-order valence-electron chi connectivity index (χ3n) is 4.09. The molecule has 0 saturated heterocycles. The standard InChI is InChI=1S/C22H21BrF2N2O2/c1-22(2,3)29-21(28)27-19(10-13-8-15(24)12-16(25)9-13)20-17(23)11-14-6-4-5-7-18(14)26-20/h4-9,11-12,19H,10H2,1-3H3,(H,27,28)/t19-/m0/s1. The van der Waals surface area contributed by atoms with E-state index >= 15 is 0 Å². The number of rotatable bonds is 4. The highest BCUT2D eigenvalue weighted by Gasteiger charge is 2.24. The quantitative estimate of drug-likeness (QED) is 0.510. The van der Waals surface area contributed by atoms with E-state index in [4.69, 9.17) is 4.74 Å². The van der Waals surface area contributed by atoms with Crippen LogP contribution in [0.3, 0.4) is 0 Å². The summed E-state index contributed by atoms with van der Waals surface area (Å²) >= 11 is 3.51. The molecule has 1 aromatic heterocycles. The smallest absolute Gasteiger partial charge is 0.408 e. The molecule has 0 fully saturated rings. The number of hydrogen-bond acceptors (Lipinski definition) is 3. The summed E-state index contributed by atoms with van der Waals surface area (Å²) in [6, 6.07) is 12.1. The first kappa shape index (κ1) is 21.2. The highest BCUT2D eigenvalue weighted by molar-refractivity contribution is 9.10. The minimum absolute atomic E-state index is 0.137. The normalized spacial score (nSPS) is 12.6. The molecule has 2 aromatic carbocycles. The number of hydrogen-bond donors (Lipinski definition) is 1. The minimum Gasteiger partial charge on any atom is -0.444 e. The minimum atomic E-state index is -0.687. The first-order valence-electron chi connectivity index (χ1n) is 9.10. The van der Waals surface area contributed by atoms with Gasteiger partial charge < -0.3 is 10.1 Å². The molecule has 0 radical (unpaired) electrons. The molecule has 0 spiro atoms. The van der Waals surface area contributed by atoms with Crippen molar-refractivity contribution in [1.82, 2.24) is 10.3 Å². The number of amides is 1. The number of ether oxygens (including phenoxy) is 1. The number of aromatic nitrogens is 1. The highest BCUT2D eigenvalue weighted by atomic mass is 79.9. The van der Waals surface area contributed by atoms with E-state index in [-0.39, 0.29) is 6.42 Å². The Hall–Kier alpha value is -2.54. The zero-order valence-electron chi connectivity index (χ0n) is 16.3. The molecule has 1 amide bonds. The predicted octanol–water partition coefficient (Wildman–Crippen LogP) is 6.08. The molecule has 0 aliphatic carbocycles. The fourth-order valence-electron chi connectivity index (χ4n) is 2.98. The number of pyridine rings is 1.